The zero-order valence-corrected chi connectivity index (χ0v) is 24.7. The number of fused-ring (bicyclic) bond motifs is 3. The first-order valence-electron chi connectivity index (χ1n) is 14.0. The first-order chi connectivity index (χ1) is 19.7. The summed E-state index contributed by atoms with van der Waals surface area (Å²) in [5.74, 6) is 0.485. The molecule has 218 valence electrons. The molecule has 1 unspecified atom stereocenters. The molecule has 0 amide bonds. The Bertz CT molecular complexity index is 1530. The van der Waals surface area contributed by atoms with Crippen LogP contribution in [0.25, 0.3) is 21.8 Å². The lowest BCUT2D eigenvalue weighted by Gasteiger charge is -2.17. The molecule has 0 saturated heterocycles. The van der Waals surface area contributed by atoms with Crippen molar-refractivity contribution in [3.63, 3.8) is 0 Å². The van der Waals surface area contributed by atoms with Crippen molar-refractivity contribution < 1.29 is 28.3 Å². The lowest BCUT2D eigenvalue weighted by atomic mass is 9.93. The largest absolute Gasteiger partial charge is 0.494 e. The van der Waals surface area contributed by atoms with Gasteiger partial charge >= 0.3 is 13.6 Å². The number of nitrogen functional groups attached to an aromatic ring is 1. The van der Waals surface area contributed by atoms with Gasteiger partial charge in [-0.1, -0.05) is 31.2 Å². The lowest BCUT2D eigenvalue weighted by Crippen LogP contribution is -2.05. The molecule has 2 heterocycles. The van der Waals surface area contributed by atoms with E-state index in [4.69, 9.17) is 24.6 Å². The number of pyridine rings is 2. The van der Waals surface area contributed by atoms with Crippen molar-refractivity contribution >= 4 is 41.2 Å². The van der Waals surface area contributed by atoms with Gasteiger partial charge in [0, 0.05) is 23.4 Å². The molecule has 0 fully saturated rings. The summed E-state index contributed by atoms with van der Waals surface area (Å²) in [5, 5.41) is 10.9. The van der Waals surface area contributed by atoms with Crippen LogP contribution in [0.3, 0.4) is 0 Å². The molecule has 3 N–H and O–H groups in total. The van der Waals surface area contributed by atoms with Crippen LogP contribution in [0.2, 0.25) is 0 Å². The van der Waals surface area contributed by atoms with Gasteiger partial charge in [0.2, 0.25) is 0 Å². The van der Waals surface area contributed by atoms with E-state index in [2.05, 4.69) is 35.1 Å². The van der Waals surface area contributed by atoms with Crippen LogP contribution in [-0.2, 0) is 31.2 Å². The predicted octanol–water partition coefficient (Wildman–Crippen LogP) is 6.76. The molecular weight excluding hydrogens is 541 g/mol. The topological polar surface area (TPSA) is 134 Å². The molecule has 2 aromatic heterocycles. The number of hydrogen-bond donors (Lipinski definition) is 2. The van der Waals surface area contributed by atoms with Crippen molar-refractivity contribution in [3.8, 4) is 5.75 Å². The van der Waals surface area contributed by atoms with Gasteiger partial charge in [0.15, 0.2) is 5.82 Å². The number of anilines is 1. The highest BCUT2D eigenvalue weighted by atomic mass is 31.2. The van der Waals surface area contributed by atoms with Gasteiger partial charge in [-0.25, -0.2) is 4.98 Å². The zero-order valence-electron chi connectivity index (χ0n) is 23.8. The molecular formula is C31H38N3O6P. The van der Waals surface area contributed by atoms with E-state index in [0.29, 0.717) is 50.2 Å². The van der Waals surface area contributed by atoms with Gasteiger partial charge in [0.1, 0.15) is 11.3 Å². The van der Waals surface area contributed by atoms with Crippen molar-refractivity contribution in [2.24, 2.45) is 0 Å². The van der Waals surface area contributed by atoms with Gasteiger partial charge in [-0.05, 0) is 80.0 Å². The fourth-order valence-corrected chi connectivity index (χ4v) is 6.48. The number of nitrogens with two attached hydrogens (primary N) is 1. The van der Waals surface area contributed by atoms with Gasteiger partial charge < -0.3 is 24.6 Å². The molecule has 41 heavy (non-hydrogen) atoms. The number of nitrogens with zero attached hydrogens (tertiary/aromatic N) is 2. The first-order valence-corrected chi connectivity index (χ1v) is 15.7. The van der Waals surface area contributed by atoms with Crippen LogP contribution < -0.4 is 10.5 Å². The summed E-state index contributed by atoms with van der Waals surface area (Å²) >= 11 is 0. The van der Waals surface area contributed by atoms with Crippen LogP contribution in [0.5, 0.6) is 5.75 Å². The zero-order chi connectivity index (χ0) is 29.4. The van der Waals surface area contributed by atoms with E-state index in [0.717, 1.165) is 39.6 Å². The Balaban J connectivity index is 1.41. The third-order valence-corrected chi connectivity index (χ3v) is 9.07. The van der Waals surface area contributed by atoms with Crippen LogP contribution in [0, 0.1) is 0 Å². The molecule has 0 spiro atoms. The van der Waals surface area contributed by atoms with E-state index in [9.17, 15) is 9.36 Å². The minimum Gasteiger partial charge on any atom is -0.494 e. The lowest BCUT2D eigenvalue weighted by molar-refractivity contribution is -0.136. The molecule has 4 aromatic rings. The van der Waals surface area contributed by atoms with E-state index in [1.54, 1.807) is 13.8 Å². The number of hydrogen-bond acceptors (Lipinski definition) is 8. The van der Waals surface area contributed by atoms with Crippen LogP contribution in [0.4, 0.5) is 5.82 Å². The third-order valence-electron chi connectivity index (χ3n) is 6.90. The molecule has 0 aliphatic carbocycles. The van der Waals surface area contributed by atoms with Crippen molar-refractivity contribution in [1.82, 2.24) is 9.97 Å². The average Bonchev–Trinajstić information content (AvgIpc) is 2.95. The number of aromatic nitrogens is 2. The fourth-order valence-electron chi connectivity index (χ4n) is 4.85. The number of carboxylic acids is 1. The second-order valence-corrected chi connectivity index (χ2v) is 12.2. The Morgan fingerprint density at radius 3 is 2.41 bits per heavy atom. The number of rotatable bonds is 15. The summed E-state index contributed by atoms with van der Waals surface area (Å²) < 4.78 is 29.1. The third kappa shape index (κ3) is 8.03. The van der Waals surface area contributed by atoms with Crippen LogP contribution >= 0.6 is 7.60 Å². The number of carboxylic acid groups (broad SMARTS) is 1. The highest BCUT2D eigenvalue weighted by molar-refractivity contribution is 7.53. The smallest absolute Gasteiger partial charge is 0.330 e. The molecule has 4 rings (SSSR count). The van der Waals surface area contributed by atoms with E-state index in [1.165, 1.54) is 5.56 Å². The molecule has 10 heteroatoms. The van der Waals surface area contributed by atoms with Crippen molar-refractivity contribution in [1.29, 1.82) is 0 Å². The van der Waals surface area contributed by atoms with Crippen LogP contribution in [-0.4, -0.2) is 47.0 Å². The van der Waals surface area contributed by atoms with Gasteiger partial charge in [-0.3, -0.25) is 14.3 Å². The standard InChI is InChI=1S/C31H38N3O6P/c1-4-39-41(37,40-5-2)16-6-15-38-25-11-7-22(8-12-25)17-21(3)24-19-27-26-13-9-23(10-14-29(35)36)18-28(26)34-31(32)30(27)33-20-24/h7-9,11-13,18-21H,4-6,10,14-17H2,1-3H3,(H2,32,34)(H,35,36). The highest BCUT2D eigenvalue weighted by Gasteiger charge is 2.22. The SMILES string of the molecule is CCOP(=O)(CCCOc1ccc(CC(C)c2cnc3c(N)nc4cc(CCC(=O)O)ccc4c3c2)cc1)OCC. The summed E-state index contributed by atoms with van der Waals surface area (Å²) in [6, 6.07) is 16.0. The predicted molar refractivity (Wildman–Crippen MR) is 162 cm³/mol. The molecule has 2 aromatic carbocycles. The Hall–Kier alpha value is -3.52. The van der Waals surface area contributed by atoms with Gasteiger partial charge in [0.05, 0.1) is 31.5 Å². The maximum atomic E-state index is 12.6. The maximum Gasteiger partial charge on any atom is 0.330 e. The van der Waals surface area contributed by atoms with Crippen molar-refractivity contribution in [3.05, 3.63) is 71.4 Å². The molecule has 0 aliphatic heterocycles. The van der Waals surface area contributed by atoms with E-state index in [1.807, 2.05) is 36.5 Å². The second kappa shape index (κ2) is 13.9. The minimum absolute atomic E-state index is 0.0665. The Kier molecular flexibility index (Phi) is 10.3. The molecule has 1 atom stereocenters. The summed E-state index contributed by atoms with van der Waals surface area (Å²) in [6.07, 6.45) is 4.08. The Labute approximate surface area is 240 Å². The van der Waals surface area contributed by atoms with Gasteiger partial charge in [-0.15, -0.1) is 0 Å². The van der Waals surface area contributed by atoms with Gasteiger partial charge in [-0.2, -0.15) is 0 Å². The van der Waals surface area contributed by atoms with Crippen molar-refractivity contribution in [2.75, 3.05) is 31.7 Å². The van der Waals surface area contributed by atoms with Gasteiger partial charge in [0.25, 0.3) is 0 Å². The Morgan fingerprint density at radius 2 is 1.73 bits per heavy atom. The first kappa shape index (κ1) is 30.4. The average molecular weight is 580 g/mol. The number of ether oxygens (including phenoxy) is 1. The maximum absolute atomic E-state index is 12.6. The molecule has 0 aliphatic rings. The number of carbonyl (C=O) groups is 1. The normalized spacial score (nSPS) is 12.6. The van der Waals surface area contributed by atoms with E-state index < -0.39 is 13.6 Å². The quantitative estimate of drug-likeness (QED) is 0.0889. The highest BCUT2D eigenvalue weighted by Crippen LogP contribution is 2.48. The number of aryl methyl sites for hydroxylation is 1. The van der Waals surface area contributed by atoms with E-state index in [-0.39, 0.29) is 12.3 Å². The second-order valence-electron chi connectivity index (χ2n) is 10.0. The number of benzene rings is 2. The minimum atomic E-state index is -3.05. The molecule has 9 nitrogen and oxygen atoms in total. The van der Waals surface area contributed by atoms with E-state index >= 15 is 0 Å². The number of aliphatic carboxylic acids is 1. The van der Waals surface area contributed by atoms with Crippen LogP contribution in [0.1, 0.15) is 56.2 Å². The summed E-state index contributed by atoms with van der Waals surface area (Å²) in [4.78, 5) is 20.1. The van der Waals surface area contributed by atoms with Crippen molar-refractivity contribution in [2.45, 2.75) is 52.4 Å². The Morgan fingerprint density at radius 1 is 1.02 bits per heavy atom. The molecule has 0 radical (unpaired) electrons. The molecule has 0 bridgehead atoms. The molecule has 0 saturated carbocycles. The monoisotopic (exact) mass is 579 g/mol. The summed E-state index contributed by atoms with van der Waals surface area (Å²) in [5.41, 5.74) is 10.8. The summed E-state index contributed by atoms with van der Waals surface area (Å²) in [7, 11) is -3.05. The summed E-state index contributed by atoms with van der Waals surface area (Å²) in [6.45, 7) is 6.91. The fraction of sp³-hybridized carbons (Fsp3) is 0.387. The van der Waals surface area contributed by atoms with Crippen LogP contribution in [0.15, 0.2) is 54.7 Å².